The second-order valence-electron chi connectivity index (χ2n) is 20.8. The Bertz CT molecular complexity index is 3210. The van der Waals surface area contributed by atoms with Crippen LogP contribution in [0.1, 0.15) is 76.8 Å². The van der Waals surface area contributed by atoms with Crippen LogP contribution < -0.4 is 14.2 Å². The number of methoxy groups -OCH3 is 3. The smallest absolute Gasteiger partial charge is 0.131 e. The molecule has 0 aromatic heterocycles. The topological polar surface area (TPSA) is 77.7 Å². The maximum absolute atomic E-state index is 14.9. The average Bonchev–Trinajstić information content (AvgIpc) is 4.48. The molecule has 4 aliphatic heterocycles. The molecular formula is C65H74Br3F4N7O3. The fourth-order valence-electron chi connectivity index (χ4n) is 11.2. The van der Waals surface area contributed by atoms with Gasteiger partial charge in [-0.15, -0.1) is 0 Å². The zero-order valence-corrected chi connectivity index (χ0v) is 52.4. The Morgan fingerprint density at radius 1 is 0.463 bits per heavy atom. The van der Waals surface area contributed by atoms with E-state index in [1.165, 1.54) is 38.1 Å². The number of benzene rings is 6. The van der Waals surface area contributed by atoms with E-state index in [9.17, 15) is 17.6 Å². The number of rotatable bonds is 21. The second kappa shape index (κ2) is 30.7. The van der Waals surface area contributed by atoms with E-state index < -0.39 is 6.67 Å². The van der Waals surface area contributed by atoms with E-state index in [0.717, 1.165) is 126 Å². The van der Waals surface area contributed by atoms with E-state index in [2.05, 4.69) is 92.4 Å². The van der Waals surface area contributed by atoms with Gasteiger partial charge in [0.05, 0.1) is 41.0 Å². The molecule has 0 unspecified atom stereocenters. The molecule has 4 heterocycles. The zero-order valence-electron chi connectivity index (χ0n) is 47.6. The molecule has 10 nitrogen and oxygen atoms in total. The summed E-state index contributed by atoms with van der Waals surface area (Å²) in [4.78, 5) is 22.9. The summed E-state index contributed by atoms with van der Waals surface area (Å²) in [5.41, 5.74) is 7.81. The molecule has 0 aliphatic carbocycles. The Morgan fingerprint density at radius 3 is 1.23 bits per heavy atom. The molecule has 0 radical (unpaired) electrons. The molecule has 4 aliphatic rings. The third-order valence-electron chi connectivity index (χ3n) is 15.3. The molecule has 0 bridgehead atoms. The minimum Gasteiger partial charge on any atom is -0.496 e. The quantitative estimate of drug-likeness (QED) is 0.0665. The van der Waals surface area contributed by atoms with Gasteiger partial charge in [0, 0.05) is 75.4 Å². The number of alkyl halides is 1. The molecule has 436 valence electrons. The first-order valence-electron chi connectivity index (χ1n) is 28.3. The van der Waals surface area contributed by atoms with Crippen molar-refractivity contribution in [2.75, 3.05) is 100.0 Å². The number of nitrogens with zero attached hydrogens (tertiary/aromatic N) is 7. The van der Waals surface area contributed by atoms with Crippen molar-refractivity contribution in [3.8, 4) is 17.2 Å². The second-order valence-corrected chi connectivity index (χ2v) is 23.5. The molecule has 6 aromatic rings. The Kier molecular flexibility index (Phi) is 23.3. The summed E-state index contributed by atoms with van der Waals surface area (Å²) in [6, 6.07) is 33.7. The van der Waals surface area contributed by atoms with Crippen molar-refractivity contribution in [3.63, 3.8) is 0 Å². The molecule has 0 spiro atoms. The predicted octanol–water partition coefficient (Wildman–Crippen LogP) is 13.8. The summed E-state index contributed by atoms with van der Waals surface area (Å²) in [7, 11) is 4.96. The van der Waals surface area contributed by atoms with E-state index in [-0.39, 0.29) is 24.0 Å². The third kappa shape index (κ3) is 16.1. The lowest BCUT2D eigenvalue weighted by molar-refractivity contribution is 0.299. The van der Waals surface area contributed by atoms with Gasteiger partial charge >= 0.3 is 0 Å². The zero-order chi connectivity index (χ0) is 58.1. The van der Waals surface area contributed by atoms with Crippen molar-refractivity contribution >= 4 is 65.3 Å². The van der Waals surface area contributed by atoms with E-state index >= 15 is 0 Å². The van der Waals surface area contributed by atoms with E-state index in [4.69, 9.17) is 19.2 Å². The fourth-order valence-corrected chi connectivity index (χ4v) is 12.4. The molecule has 1 saturated heterocycles. The highest BCUT2D eigenvalue weighted by Gasteiger charge is 2.27. The van der Waals surface area contributed by atoms with E-state index in [1.807, 2.05) is 71.6 Å². The fraction of sp³-hybridized carbons (Fsp3) is 0.400. The molecule has 82 heavy (non-hydrogen) atoms. The van der Waals surface area contributed by atoms with Gasteiger partial charge in [-0.1, -0.05) is 84.2 Å². The van der Waals surface area contributed by atoms with E-state index in [1.54, 1.807) is 45.6 Å². The maximum atomic E-state index is 14.9. The number of ether oxygens (including phenoxy) is 3. The van der Waals surface area contributed by atoms with Crippen LogP contribution in [0.3, 0.4) is 0 Å². The lowest BCUT2D eigenvalue weighted by Crippen LogP contribution is -2.36. The van der Waals surface area contributed by atoms with Crippen LogP contribution in [0.4, 0.5) is 17.6 Å². The summed E-state index contributed by atoms with van der Waals surface area (Å²) >= 11 is 10.5. The highest BCUT2D eigenvalue weighted by Crippen LogP contribution is 2.31. The number of hydrogen-bond acceptors (Lipinski definition) is 10. The number of hydrogen-bond donors (Lipinski definition) is 0. The summed E-state index contributed by atoms with van der Waals surface area (Å²) in [5.74, 6) is 4.41. The van der Waals surface area contributed by atoms with Gasteiger partial charge in [0.15, 0.2) is 0 Å². The van der Waals surface area contributed by atoms with Gasteiger partial charge in [-0.2, -0.15) is 0 Å². The van der Waals surface area contributed by atoms with Gasteiger partial charge in [0.1, 0.15) is 58.9 Å². The van der Waals surface area contributed by atoms with Gasteiger partial charge in [-0.05, 0) is 184 Å². The van der Waals surface area contributed by atoms with Crippen LogP contribution in [-0.4, -0.2) is 143 Å². The van der Waals surface area contributed by atoms with Crippen LogP contribution >= 0.6 is 47.8 Å². The maximum Gasteiger partial charge on any atom is 0.131 e. The Morgan fingerprint density at radius 2 is 0.841 bits per heavy atom. The van der Waals surface area contributed by atoms with Crippen LogP contribution in [0, 0.1) is 17.5 Å². The lowest BCUT2D eigenvalue weighted by atomic mass is 9.97. The summed E-state index contributed by atoms with van der Waals surface area (Å²) in [6.07, 6.45) is 6.35. The molecule has 10 rings (SSSR count). The average molecular weight is 1320 g/mol. The molecule has 17 heteroatoms. The molecular weight excluding hydrogens is 1240 g/mol. The van der Waals surface area contributed by atoms with Crippen molar-refractivity contribution in [1.82, 2.24) is 19.6 Å². The molecule has 0 amide bonds. The van der Waals surface area contributed by atoms with Gasteiger partial charge in [-0.3, -0.25) is 15.0 Å². The number of amidine groups is 3. The Hall–Kier alpha value is -5.75. The van der Waals surface area contributed by atoms with Crippen molar-refractivity contribution in [3.05, 3.63) is 190 Å². The molecule has 6 aromatic carbocycles. The number of aryl methyl sites for hydroxylation is 3. The predicted molar refractivity (Wildman–Crippen MR) is 334 cm³/mol. The third-order valence-corrected chi connectivity index (χ3v) is 16.8. The van der Waals surface area contributed by atoms with Gasteiger partial charge in [0.2, 0.25) is 0 Å². The normalized spacial score (nSPS) is 15.0. The Balaban J connectivity index is 0.000000162. The monoisotopic (exact) mass is 1310 g/mol. The number of halogens is 7. The molecule has 0 N–H and O–H groups in total. The van der Waals surface area contributed by atoms with Crippen molar-refractivity contribution in [2.24, 2.45) is 15.0 Å². The minimum absolute atomic E-state index is 0.157. The van der Waals surface area contributed by atoms with Crippen LogP contribution in [-0.2, 0) is 38.5 Å². The standard InChI is InChI=1S/C24H29BrFN3O.C21H24BrFN2O.C20H21BrF2N2O/c1-30-23-10-8-19(25)17-18(23)7-9-20-21(5-4-6-22(20)26)24-27-11-14-29(24)16-15-28-12-2-3-13-28;1-14(2)25-12-11-24-21(25)18-5-4-6-19(23)17(18)9-7-15-13-16(22)8-10-20(15)26-3;1-26-19-8-6-15(21)13-14(19)5-7-16-17(3-2-4-18(16)23)20-24-10-12-25(20)11-9-22/h4-6,8,10,17H,2-3,7,9,11-16H2,1H3;4-6,8,10,13-14H,7,9,11-12H2,1-3H3;2-4,6,8,13H,5,7,9-12H2,1H3. The SMILES string of the molecule is COc1ccc(Br)cc1CCc1c(F)cccc1C1=NCCN1C(C)C.COc1ccc(Br)cc1CCc1c(F)cccc1C1=NCCN1CCF.COc1ccc(Br)cc1CCc1c(F)cccc1C1=NCCN1CCN1CCCC1. The molecule has 0 saturated carbocycles. The lowest BCUT2D eigenvalue weighted by Gasteiger charge is -2.26. The van der Waals surface area contributed by atoms with Crippen molar-refractivity contribution in [2.45, 2.75) is 71.3 Å². The van der Waals surface area contributed by atoms with Crippen molar-refractivity contribution < 1.29 is 31.8 Å². The molecule has 1 fully saturated rings. The number of likely N-dealkylation sites (tertiary alicyclic amines) is 1. The van der Waals surface area contributed by atoms with Gasteiger partial charge in [0.25, 0.3) is 0 Å². The van der Waals surface area contributed by atoms with Crippen LogP contribution in [0.2, 0.25) is 0 Å². The highest BCUT2D eigenvalue weighted by molar-refractivity contribution is 9.11. The van der Waals surface area contributed by atoms with Gasteiger partial charge in [-0.25, -0.2) is 17.6 Å². The van der Waals surface area contributed by atoms with Crippen LogP contribution in [0.5, 0.6) is 17.2 Å². The van der Waals surface area contributed by atoms with Crippen LogP contribution in [0.25, 0.3) is 0 Å². The van der Waals surface area contributed by atoms with Crippen molar-refractivity contribution in [1.29, 1.82) is 0 Å². The summed E-state index contributed by atoms with van der Waals surface area (Å²) < 4.78 is 76.3. The first-order valence-corrected chi connectivity index (χ1v) is 30.7. The molecule has 0 atom stereocenters. The van der Waals surface area contributed by atoms with Crippen LogP contribution in [0.15, 0.2) is 138 Å². The highest BCUT2D eigenvalue weighted by atomic mass is 79.9. The summed E-state index contributed by atoms with van der Waals surface area (Å²) in [6.45, 7) is 13.2. The Labute approximate surface area is 507 Å². The summed E-state index contributed by atoms with van der Waals surface area (Å²) in [5, 5.41) is 0. The first-order chi connectivity index (χ1) is 39.8. The largest absolute Gasteiger partial charge is 0.496 e. The minimum atomic E-state index is -0.446. The van der Waals surface area contributed by atoms with Gasteiger partial charge < -0.3 is 33.8 Å². The first kappa shape index (κ1) is 62.3. The number of aliphatic imine (C=N–C) groups is 3. The van der Waals surface area contributed by atoms with E-state index in [0.29, 0.717) is 69.1 Å².